The molecule has 0 radical (unpaired) electrons. The number of aliphatic hydroxyl groups is 3. The van der Waals surface area contributed by atoms with E-state index in [4.69, 9.17) is 29.5 Å². The van der Waals surface area contributed by atoms with E-state index in [1.807, 2.05) is 27.7 Å². The number of ether oxygens (including phenoxy) is 3. The molecule has 0 aromatic rings. The van der Waals surface area contributed by atoms with E-state index in [9.17, 15) is 14.4 Å². The van der Waals surface area contributed by atoms with Crippen molar-refractivity contribution in [2.75, 3.05) is 39.6 Å². The summed E-state index contributed by atoms with van der Waals surface area (Å²) in [6.07, 6.45) is 3.17. The van der Waals surface area contributed by atoms with Gasteiger partial charge in [0.25, 0.3) is 0 Å². The van der Waals surface area contributed by atoms with E-state index in [0.29, 0.717) is 43.0 Å². The molecule has 0 rings (SSSR count). The van der Waals surface area contributed by atoms with Gasteiger partial charge in [-0.05, 0) is 46.5 Å². The van der Waals surface area contributed by atoms with E-state index in [-0.39, 0.29) is 43.2 Å². The minimum atomic E-state index is -0.667. The summed E-state index contributed by atoms with van der Waals surface area (Å²) in [5.41, 5.74) is 0.718. The number of hydrogen-bond donors (Lipinski definition) is 3. The van der Waals surface area contributed by atoms with E-state index in [0.717, 1.165) is 19.3 Å². The number of carbonyl (C=O) groups is 3. The van der Waals surface area contributed by atoms with Gasteiger partial charge in [-0.3, -0.25) is 0 Å². The molecule has 37 heavy (non-hydrogen) atoms. The molecule has 0 aromatic carbocycles. The highest BCUT2D eigenvalue weighted by Gasteiger charge is 2.24. The quantitative estimate of drug-likeness (QED) is 0.182. The summed E-state index contributed by atoms with van der Waals surface area (Å²) < 4.78 is 14.1. The molecule has 220 valence electrons. The van der Waals surface area contributed by atoms with Crippen molar-refractivity contribution in [1.82, 2.24) is 0 Å². The zero-order chi connectivity index (χ0) is 29.2. The lowest BCUT2D eigenvalue weighted by Crippen LogP contribution is -2.32. The third kappa shape index (κ3) is 29.6. The first-order valence-electron chi connectivity index (χ1n) is 12.1. The second-order valence-electron chi connectivity index (χ2n) is 8.08. The molecule has 0 aliphatic carbocycles. The largest absolute Gasteiger partial charge is 0.462 e. The summed E-state index contributed by atoms with van der Waals surface area (Å²) in [7, 11) is 0. The molecule has 10 nitrogen and oxygen atoms in total. The fourth-order valence-electron chi connectivity index (χ4n) is 1.44. The lowest BCUT2D eigenvalue weighted by atomic mass is 9.88. The molecule has 0 saturated heterocycles. The second-order valence-corrected chi connectivity index (χ2v) is 8.08. The first kappa shape index (κ1) is 44.5. The number of esters is 3. The first-order chi connectivity index (χ1) is 16.8. The van der Waals surface area contributed by atoms with E-state index < -0.39 is 5.41 Å². The Balaban J connectivity index is -0.000000122. The average molecular weight is 537 g/mol. The Morgan fingerprint density at radius 3 is 0.892 bits per heavy atom. The lowest BCUT2D eigenvalue weighted by Gasteiger charge is -2.24. The number of carbonyl (C=O) groups excluding carboxylic acids is 3. The summed E-state index contributed by atoms with van der Waals surface area (Å²) in [6, 6.07) is 0. The van der Waals surface area contributed by atoms with Crippen LogP contribution in [0.3, 0.4) is 0 Å². The van der Waals surface area contributed by atoms with Crippen molar-refractivity contribution in [3.05, 3.63) is 36.5 Å². The van der Waals surface area contributed by atoms with Gasteiger partial charge < -0.3 is 35.0 Å². The van der Waals surface area contributed by atoms with Crippen LogP contribution in [0.4, 0.5) is 0 Å². The van der Waals surface area contributed by atoms with Crippen LogP contribution in [0, 0.1) is 5.41 Å². The third-order valence-corrected chi connectivity index (χ3v) is 4.11. The first-order valence-corrected chi connectivity index (χ1v) is 12.1. The van der Waals surface area contributed by atoms with Crippen LogP contribution < -0.4 is 0 Å². The molecule has 0 atom stereocenters. The monoisotopic (exact) mass is 536 g/mol. The standard InChI is InChI=1S/3C7H12O2.C6H14O3.H2O/c3*1-4-5-9-7(8)6(2)3;1-2-6(3-7,4-8)5-9;/h3*2,4-5H2,1,3H3;7-9H,2-5H2,1H3;1H2. The molecular formula is C27H52O10. The normalized spacial score (nSPS) is 9.24. The van der Waals surface area contributed by atoms with Gasteiger partial charge in [-0.2, -0.15) is 0 Å². The Bertz CT molecular complexity index is 548. The van der Waals surface area contributed by atoms with Crippen LogP contribution in [-0.4, -0.2) is 78.3 Å². The zero-order valence-electron chi connectivity index (χ0n) is 24.0. The molecule has 10 heteroatoms. The fourth-order valence-corrected chi connectivity index (χ4v) is 1.44. The molecule has 0 aliphatic rings. The van der Waals surface area contributed by atoms with Crippen molar-refractivity contribution < 1.29 is 49.4 Å². The highest BCUT2D eigenvalue weighted by molar-refractivity contribution is 5.87. The number of rotatable bonds is 13. The molecule has 0 aliphatic heterocycles. The molecule has 0 unspecified atom stereocenters. The van der Waals surface area contributed by atoms with Crippen molar-refractivity contribution in [2.45, 2.75) is 74.1 Å². The molecule has 0 bridgehead atoms. The van der Waals surface area contributed by atoms with Crippen LogP contribution in [-0.2, 0) is 28.6 Å². The van der Waals surface area contributed by atoms with Gasteiger partial charge in [-0.1, -0.05) is 47.4 Å². The van der Waals surface area contributed by atoms with Crippen molar-refractivity contribution in [1.29, 1.82) is 0 Å². The summed E-state index contributed by atoms with van der Waals surface area (Å²) >= 11 is 0. The molecule has 0 saturated carbocycles. The van der Waals surface area contributed by atoms with Crippen molar-refractivity contribution in [3.8, 4) is 0 Å². The predicted octanol–water partition coefficient (Wildman–Crippen LogP) is 3.08. The molecular weight excluding hydrogens is 484 g/mol. The fraction of sp³-hybridized carbons (Fsp3) is 0.667. The predicted molar refractivity (Wildman–Crippen MR) is 146 cm³/mol. The maximum atomic E-state index is 10.6. The topological polar surface area (TPSA) is 171 Å². The highest BCUT2D eigenvalue weighted by Crippen LogP contribution is 2.18. The van der Waals surface area contributed by atoms with Gasteiger partial charge in [0.15, 0.2) is 0 Å². The molecule has 0 heterocycles. The minimum Gasteiger partial charge on any atom is -0.462 e. The van der Waals surface area contributed by atoms with Crippen LogP contribution >= 0.6 is 0 Å². The number of aliphatic hydroxyl groups excluding tert-OH is 3. The van der Waals surface area contributed by atoms with Gasteiger partial charge in [0.1, 0.15) is 0 Å². The van der Waals surface area contributed by atoms with Crippen molar-refractivity contribution in [3.63, 3.8) is 0 Å². The maximum Gasteiger partial charge on any atom is 0.333 e. The number of hydrogen-bond acceptors (Lipinski definition) is 9. The zero-order valence-corrected chi connectivity index (χ0v) is 24.0. The second kappa shape index (κ2) is 29.7. The van der Waals surface area contributed by atoms with Crippen LogP contribution in [0.1, 0.15) is 74.1 Å². The van der Waals surface area contributed by atoms with Crippen LogP contribution in [0.2, 0.25) is 0 Å². The third-order valence-electron chi connectivity index (χ3n) is 4.11. The van der Waals surface area contributed by atoms with Gasteiger partial charge in [0.2, 0.25) is 0 Å². The lowest BCUT2D eigenvalue weighted by molar-refractivity contribution is -0.139. The van der Waals surface area contributed by atoms with Crippen LogP contribution in [0.15, 0.2) is 36.5 Å². The van der Waals surface area contributed by atoms with Gasteiger partial charge in [0, 0.05) is 22.1 Å². The van der Waals surface area contributed by atoms with Crippen LogP contribution in [0.25, 0.3) is 0 Å². The average Bonchev–Trinajstić information content (AvgIpc) is 2.86. The summed E-state index contributed by atoms with van der Waals surface area (Å²) in [4.78, 5) is 31.7. The smallest absolute Gasteiger partial charge is 0.333 e. The summed E-state index contributed by atoms with van der Waals surface area (Å²) in [5, 5.41) is 26.0. The van der Waals surface area contributed by atoms with Gasteiger partial charge >= 0.3 is 17.9 Å². The van der Waals surface area contributed by atoms with Gasteiger partial charge in [0.05, 0.1) is 39.6 Å². The van der Waals surface area contributed by atoms with E-state index in [1.54, 1.807) is 20.8 Å². The molecule has 0 amide bonds. The Labute approximate surface area is 223 Å². The van der Waals surface area contributed by atoms with E-state index in [2.05, 4.69) is 19.7 Å². The van der Waals surface area contributed by atoms with E-state index in [1.165, 1.54) is 0 Å². The Morgan fingerprint density at radius 2 is 0.811 bits per heavy atom. The summed E-state index contributed by atoms with van der Waals surface area (Å²) in [6.45, 7) is 23.9. The molecule has 0 fully saturated rings. The van der Waals surface area contributed by atoms with Gasteiger partial charge in [-0.15, -0.1) is 0 Å². The Morgan fingerprint density at radius 1 is 0.595 bits per heavy atom. The van der Waals surface area contributed by atoms with Gasteiger partial charge in [-0.25, -0.2) is 14.4 Å². The van der Waals surface area contributed by atoms with Crippen molar-refractivity contribution >= 4 is 17.9 Å². The molecule has 0 spiro atoms. The molecule has 0 aromatic heterocycles. The SMILES string of the molecule is C=C(C)C(=O)OCCC.C=C(C)C(=O)OCCC.C=C(C)C(=O)OCCC.CCC(CO)(CO)CO.O. The summed E-state index contributed by atoms with van der Waals surface area (Å²) in [5.74, 6) is -0.884. The maximum absolute atomic E-state index is 10.6. The minimum absolute atomic E-state index is 0. The van der Waals surface area contributed by atoms with E-state index >= 15 is 0 Å². The molecule has 5 N–H and O–H groups in total. The van der Waals surface area contributed by atoms with Crippen LogP contribution in [0.5, 0.6) is 0 Å². The Kier molecular flexibility index (Phi) is 35.7. The Hall–Kier alpha value is -2.53. The van der Waals surface area contributed by atoms with Crippen molar-refractivity contribution in [2.24, 2.45) is 5.41 Å². The highest BCUT2D eigenvalue weighted by atomic mass is 16.5.